The molecule has 0 spiro atoms. The molecule has 0 aromatic heterocycles. The van der Waals surface area contributed by atoms with Crippen LogP contribution in [0.3, 0.4) is 0 Å². The highest BCUT2D eigenvalue weighted by atomic mass is 19.1. The second kappa shape index (κ2) is 14.1. The summed E-state index contributed by atoms with van der Waals surface area (Å²) in [5.74, 6) is 0.275. The third kappa shape index (κ3) is 8.10. The molecule has 1 fully saturated rings. The van der Waals surface area contributed by atoms with Crippen LogP contribution < -0.4 is 9.47 Å². The molecule has 0 radical (unpaired) electrons. The van der Waals surface area contributed by atoms with Gasteiger partial charge in [0.2, 0.25) is 0 Å². The van der Waals surface area contributed by atoms with Crippen LogP contribution in [0.5, 0.6) is 11.5 Å². The summed E-state index contributed by atoms with van der Waals surface area (Å²) < 4.78 is 37.2. The highest BCUT2D eigenvalue weighted by molar-refractivity contribution is 5.91. The van der Waals surface area contributed by atoms with Crippen molar-refractivity contribution in [1.29, 1.82) is 0 Å². The van der Waals surface area contributed by atoms with E-state index in [0.717, 1.165) is 25.0 Å². The average Bonchev–Trinajstić information content (AvgIpc) is 2.85. The molecule has 34 heavy (non-hydrogen) atoms. The summed E-state index contributed by atoms with van der Waals surface area (Å²) in [5, 5.41) is 0. The Bertz CT molecular complexity index is 875. The topological polar surface area (TPSA) is 54.0 Å². The Kier molecular flexibility index (Phi) is 10.8. The predicted octanol–water partition coefficient (Wildman–Crippen LogP) is 7.25. The minimum Gasteiger partial charge on any atom is -0.494 e. The summed E-state index contributed by atoms with van der Waals surface area (Å²) in [4.78, 5) is 12.5. The van der Waals surface area contributed by atoms with E-state index in [0.29, 0.717) is 37.1 Å². The van der Waals surface area contributed by atoms with Crippen molar-refractivity contribution in [2.45, 2.75) is 71.5 Å². The van der Waals surface area contributed by atoms with Gasteiger partial charge in [-0.3, -0.25) is 0 Å². The van der Waals surface area contributed by atoms with Gasteiger partial charge in [-0.15, -0.1) is 0 Å². The number of hydrogen-bond acceptors (Lipinski definition) is 5. The lowest BCUT2D eigenvalue weighted by molar-refractivity contribution is -0.207. The lowest BCUT2D eigenvalue weighted by Crippen LogP contribution is -2.27. The quantitative estimate of drug-likeness (QED) is 0.175. The van der Waals surface area contributed by atoms with Crippen LogP contribution in [0.15, 0.2) is 42.5 Å². The molecule has 0 amide bonds. The van der Waals surface area contributed by atoms with Crippen molar-refractivity contribution in [1.82, 2.24) is 0 Å². The van der Waals surface area contributed by atoms with Gasteiger partial charge in [0.05, 0.1) is 25.4 Å². The second-order valence-corrected chi connectivity index (χ2v) is 8.87. The van der Waals surface area contributed by atoms with E-state index in [1.54, 1.807) is 24.3 Å². The van der Waals surface area contributed by atoms with Gasteiger partial charge in [-0.05, 0) is 49.2 Å². The van der Waals surface area contributed by atoms with Crippen LogP contribution in [0, 0.1) is 11.7 Å². The average molecular weight is 473 g/mol. The molecule has 186 valence electrons. The number of benzene rings is 2. The largest absolute Gasteiger partial charge is 0.494 e. The fourth-order valence-electron chi connectivity index (χ4n) is 3.99. The van der Waals surface area contributed by atoms with Crippen LogP contribution in [-0.2, 0) is 9.47 Å². The second-order valence-electron chi connectivity index (χ2n) is 8.87. The number of carbonyl (C=O) groups is 1. The molecule has 1 aliphatic rings. The molecular formula is C28H37FO5. The molecule has 0 N–H and O–H groups in total. The maximum absolute atomic E-state index is 14.7. The number of halogens is 1. The Labute approximate surface area is 202 Å². The van der Waals surface area contributed by atoms with Gasteiger partial charge in [0.1, 0.15) is 17.3 Å². The van der Waals surface area contributed by atoms with Crippen LogP contribution in [0.25, 0.3) is 0 Å². The van der Waals surface area contributed by atoms with Gasteiger partial charge in [0, 0.05) is 11.5 Å². The Morgan fingerprint density at radius 2 is 1.59 bits per heavy atom. The lowest BCUT2D eigenvalue weighted by atomic mass is 10.0. The highest BCUT2D eigenvalue weighted by Crippen LogP contribution is 2.29. The first-order valence-electron chi connectivity index (χ1n) is 12.6. The molecule has 2 aromatic rings. The summed E-state index contributed by atoms with van der Waals surface area (Å²) in [7, 11) is 0. The molecule has 0 saturated carbocycles. The molecule has 0 atom stereocenters. The zero-order chi connectivity index (χ0) is 24.2. The number of hydrogen-bond donors (Lipinski definition) is 0. The zero-order valence-corrected chi connectivity index (χ0v) is 20.4. The molecule has 1 aliphatic heterocycles. The molecule has 1 saturated heterocycles. The first-order valence-corrected chi connectivity index (χ1v) is 12.6. The maximum atomic E-state index is 14.7. The van der Waals surface area contributed by atoms with E-state index in [2.05, 4.69) is 13.8 Å². The molecule has 3 rings (SSSR count). The molecule has 0 unspecified atom stereocenters. The molecule has 0 bridgehead atoms. The standard InChI is InChI=1S/C28H37FO5/c1-3-5-6-7-8-9-17-31-23-12-14-24(15-13-23)34-27(30)22-11-16-25(26(29)18-22)28-32-19-21(10-4-2)20-33-28/h11-16,18,21,28H,3-10,17,19-20H2,1-2H3. The van der Waals surface area contributed by atoms with Gasteiger partial charge in [0.15, 0.2) is 6.29 Å². The zero-order valence-electron chi connectivity index (χ0n) is 20.4. The van der Waals surface area contributed by atoms with Crippen molar-refractivity contribution >= 4 is 5.97 Å². The van der Waals surface area contributed by atoms with Gasteiger partial charge < -0.3 is 18.9 Å². The summed E-state index contributed by atoms with van der Waals surface area (Å²) in [6.07, 6.45) is 8.59. The maximum Gasteiger partial charge on any atom is 0.343 e. The summed E-state index contributed by atoms with van der Waals surface area (Å²) in [6.45, 7) is 6.08. The van der Waals surface area contributed by atoms with E-state index in [1.807, 2.05) is 0 Å². The molecule has 6 heteroatoms. The van der Waals surface area contributed by atoms with Crippen molar-refractivity contribution in [3.05, 3.63) is 59.4 Å². The Morgan fingerprint density at radius 3 is 2.26 bits per heavy atom. The van der Waals surface area contributed by atoms with Gasteiger partial charge >= 0.3 is 5.97 Å². The van der Waals surface area contributed by atoms with Crippen LogP contribution >= 0.6 is 0 Å². The van der Waals surface area contributed by atoms with E-state index in [-0.39, 0.29) is 5.56 Å². The monoisotopic (exact) mass is 472 g/mol. The molecule has 0 aliphatic carbocycles. The highest BCUT2D eigenvalue weighted by Gasteiger charge is 2.26. The fraction of sp³-hybridized carbons (Fsp3) is 0.536. The van der Waals surface area contributed by atoms with Crippen molar-refractivity contribution in [3.8, 4) is 11.5 Å². The molecule has 2 aromatic carbocycles. The van der Waals surface area contributed by atoms with Crippen LogP contribution in [0.1, 0.15) is 87.4 Å². The number of carbonyl (C=O) groups excluding carboxylic acids is 1. The van der Waals surface area contributed by atoms with E-state index in [9.17, 15) is 9.18 Å². The first-order chi connectivity index (χ1) is 16.6. The van der Waals surface area contributed by atoms with Gasteiger partial charge in [-0.1, -0.05) is 58.4 Å². The number of ether oxygens (including phenoxy) is 4. The molecule has 5 nitrogen and oxygen atoms in total. The Balaban J connectivity index is 1.45. The third-order valence-corrected chi connectivity index (χ3v) is 5.95. The number of unbranched alkanes of at least 4 members (excludes halogenated alkanes) is 5. The summed E-state index contributed by atoms with van der Waals surface area (Å²) in [5.41, 5.74) is 0.419. The van der Waals surface area contributed by atoms with Crippen LogP contribution in [0.2, 0.25) is 0 Å². The van der Waals surface area contributed by atoms with Crippen molar-refractivity contribution in [3.63, 3.8) is 0 Å². The van der Waals surface area contributed by atoms with Gasteiger partial charge in [-0.25, -0.2) is 9.18 Å². The van der Waals surface area contributed by atoms with Crippen molar-refractivity contribution in [2.75, 3.05) is 19.8 Å². The number of rotatable bonds is 13. The van der Waals surface area contributed by atoms with Crippen LogP contribution in [-0.4, -0.2) is 25.8 Å². The van der Waals surface area contributed by atoms with Crippen molar-refractivity contribution < 1.29 is 28.1 Å². The smallest absolute Gasteiger partial charge is 0.343 e. The summed E-state index contributed by atoms with van der Waals surface area (Å²) >= 11 is 0. The normalized spacial score (nSPS) is 18.0. The SMILES string of the molecule is CCCCCCCCOc1ccc(OC(=O)c2ccc(C3OCC(CCC)CO3)c(F)c2)cc1. The fourth-order valence-corrected chi connectivity index (χ4v) is 3.99. The third-order valence-electron chi connectivity index (χ3n) is 5.95. The molecule has 1 heterocycles. The van der Waals surface area contributed by atoms with Gasteiger partial charge in [0.25, 0.3) is 0 Å². The number of esters is 1. The Morgan fingerprint density at radius 1 is 0.912 bits per heavy atom. The van der Waals surface area contributed by atoms with E-state index in [4.69, 9.17) is 18.9 Å². The lowest BCUT2D eigenvalue weighted by Gasteiger charge is -2.29. The summed E-state index contributed by atoms with van der Waals surface area (Å²) in [6, 6.07) is 11.1. The first kappa shape index (κ1) is 26.2. The molecular weight excluding hydrogens is 435 g/mol. The van der Waals surface area contributed by atoms with Crippen LogP contribution in [0.4, 0.5) is 4.39 Å². The predicted molar refractivity (Wildman–Crippen MR) is 130 cm³/mol. The minimum absolute atomic E-state index is 0.129. The van der Waals surface area contributed by atoms with E-state index < -0.39 is 18.1 Å². The van der Waals surface area contributed by atoms with E-state index >= 15 is 0 Å². The van der Waals surface area contributed by atoms with E-state index in [1.165, 1.54) is 50.3 Å². The van der Waals surface area contributed by atoms with Gasteiger partial charge in [-0.2, -0.15) is 0 Å². The Hall–Kier alpha value is -2.44. The van der Waals surface area contributed by atoms with Crippen molar-refractivity contribution in [2.24, 2.45) is 5.92 Å². The minimum atomic E-state index is -0.748.